The second-order valence-electron chi connectivity index (χ2n) is 6.66. The van der Waals surface area contributed by atoms with Crippen molar-refractivity contribution >= 4 is 27.3 Å². The third kappa shape index (κ3) is 5.15. The number of rotatable bonds is 7. The fourth-order valence-electron chi connectivity index (χ4n) is 3.25. The zero-order chi connectivity index (χ0) is 19.3. The van der Waals surface area contributed by atoms with E-state index in [0.29, 0.717) is 18.7 Å². The number of ether oxygens (including phenoxy) is 1. The van der Waals surface area contributed by atoms with Crippen LogP contribution in [0.5, 0.6) is 5.75 Å². The number of hydrogen-bond donors (Lipinski definition) is 1. The highest BCUT2D eigenvalue weighted by molar-refractivity contribution is 7.89. The Labute approximate surface area is 166 Å². The van der Waals surface area contributed by atoms with Crippen LogP contribution < -0.4 is 14.4 Å². The number of hydrogen-bond acceptors (Lipinski definition) is 4. The van der Waals surface area contributed by atoms with Gasteiger partial charge in [0.15, 0.2) is 0 Å². The Hall–Kier alpha value is -1.76. The lowest BCUT2D eigenvalue weighted by molar-refractivity contribution is 0.414. The summed E-state index contributed by atoms with van der Waals surface area (Å²) in [5, 5.41) is 0.272. The zero-order valence-corrected chi connectivity index (χ0v) is 17.0. The molecule has 27 heavy (non-hydrogen) atoms. The quantitative estimate of drug-likeness (QED) is 0.755. The first-order chi connectivity index (χ1) is 13.0. The molecule has 0 amide bonds. The first-order valence-corrected chi connectivity index (χ1v) is 11.0. The molecule has 1 fully saturated rings. The van der Waals surface area contributed by atoms with E-state index < -0.39 is 10.0 Å². The molecule has 1 heterocycles. The van der Waals surface area contributed by atoms with Crippen LogP contribution in [0.4, 0.5) is 5.69 Å². The van der Waals surface area contributed by atoms with Gasteiger partial charge in [0.05, 0.1) is 17.0 Å². The molecule has 0 bridgehead atoms. The van der Waals surface area contributed by atoms with Gasteiger partial charge in [-0.05, 0) is 61.6 Å². The maximum atomic E-state index is 12.4. The molecule has 0 aliphatic carbocycles. The molecule has 1 aliphatic heterocycles. The standard InChI is InChI=1S/C20H25ClN2O3S/c1-26-20-10-9-18(15-19(20)21)27(24,25)22-12-11-16-5-7-17(8-6-16)23-13-3-2-4-14-23/h5-10,15,22H,2-4,11-14H2,1H3. The van der Waals surface area contributed by atoms with Crippen molar-refractivity contribution in [3.8, 4) is 5.75 Å². The van der Waals surface area contributed by atoms with Gasteiger partial charge in [-0.2, -0.15) is 0 Å². The van der Waals surface area contributed by atoms with Crippen molar-refractivity contribution in [2.45, 2.75) is 30.6 Å². The predicted molar refractivity (Wildman–Crippen MR) is 109 cm³/mol. The van der Waals surface area contributed by atoms with Crippen LogP contribution in [0.2, 0.25) is 5.02 Å². The lowest BCUT2D eigenvalue weighted by Crippen LogP contribution is -2.29. The fraction of sp³-hybridized carbons (Fsp3) is 0.400. The van der Waals surface area contributed by atoms with E-state index in [9.17, 15) is 8.42 Å². The van der Waals surface area contributed by atoms with E-state index in [1.807, 2.05) is 0 Å². The average molecular weight is 409 g/mol. The van der Waals surface area contributed by atoms with Gasteiger partial charge in [0.2, 0.25) is 10.0 Å². The normalized spacial score (nSPS) is 15.0. The molecule has 146 valence electrons. The summed E-state index contributed by atoms with van der Waals surface area (Å²) in [6.07, 6.45) is 4.44. The van der Waals surface area contributed by atoms with Gasteiger partial charge in [-0.25, -0.2) is 13.1 Å². The Morgan fingerprint density at radius 2 is 1.78 bits per heavy atom. The summed E-state index contributed by atoms with van der Waals surface area (Å²) in [5.74, 6) is 0.449. The Balaban J connectivity index is 1.56. The lowest BCUT2D eigenvalue weighted by Gasteiger charge is -2.28. The highest BCUT2D eigenvalue weighted by atomic mass is 35.5. The van der Waals surface area contributed by atoms with E-state index in [1.54, 1.807) is 6.07 Å². The number of anilines is 1. The van der Waals surface area contributed by atoms with Crippen molar-refractivity contribution in [3.05, 3.63) is 53.1 Å². The summed E-state index contributed by atoms with van der Waals surface area (Å²) in [7, 11) is -2.11. The predicted octanol–water partition coefficient (Wildman–Crippen LogP) is 3.86. The van der Waals surface area contributed by atoms with Crippen LogP contribution in [0.1, 0.15) is 24.8 Å². The summed E-state index contributed by atoms with van der Waals surface area (Å²) in [4.78, 5) is 2.54. The minimum atomic E-state index is -3.60. The second-order valence-corrected chi connectivity index (χ2v) is 8.83. The number of piperidine rings is 1. The van der Waals surface area contributed by atoms with Gasteiger partial charge < -0.3 is 9.64 Å². The number of benzene rings is 2. The minimum absolute atomic E-state index is 0.133. The highest BCUT2D eigenvalue weighted by Gasteiger charge is 2.16. The summed E-state index contributed by atoms with van der Waals surface area (Å²) < 4.78 is 32.5. The molecule has 0 unspecified atom stereocenters. The molecule has 3 rings (SSSR count). The summed E-state index contributed by atoms with van der Waals surface area (Å²) >= 11 is 6.02. The van der Waals surface area contributed by atoms with Crippen LogP contribution in [0, 0.1) is 0 Å². The molecule has 1 N–H and O–H groups in total. The number of halogens is 1. The van der Waals surface area contributed by atoms with Crippen LogP contribution in [0.25, 0.3) is 0 Å². The monoisotopic (exact) mass is 408 g/mol. The van der Waals surface area contributed by atoms with Crippen molar-refractivity contribution in [2.75, 3.05) is 31.6 Å². The number of methoxy groups -OCH3 is 1. The van der Waals surface area contributed by atoms with Crippen LogP contribution in [0.3, 0.4) is 0 Å². The van der Waals surface area contributed by atoms with Crippen molar-refractivity contribution in [1.82, 2.24) is 4.72 Å². The first-order valence-electron chi connectivity index (χ1n) is 9.17. The van der Waals surface area contributed by atoms with E-state index in [-0.39, 0.29) is 9.92 Å². The number of nitrogens with zero attached hydrogens (tertiary/aromatic N) is 1. The van der Waals surface area contributed by atoms with Crippen molar-refractivity contribution in [2.24, 2.45) is 0 Å². The maximum Gasteiger partial charge on any atom is 0.240 e. The molecule has 0 aromatic heterocycles. The van der Waals surface area contributed by atoms with Gasteiger partial charge in [0.25, 0.3) is 0 Å². The number of sulfonamides is 1. The van der Waals surface area contributed by atoms with E-state index in [1.165, 1.54) is 44.2 Å². The first kappa shape index (κ1) is 20.0. The second kappa shape index (κ2) is 8.95. The summed E-state index contributed by atoms with van der Waals surface area (Å²) in [6.45, 7) is 2.56. The lowest BCUT2D eigenvalue weighted by atomic mass is 10.1. The topological polar surface area (TPSA) is 58.6 Å². The van der Waals surface area contributed by atoms with Crippen LogP contribution in [0.15, 0.2) is 47.4 Å². The highest BCUT2D eigenvalue weighted by Crippen LogP contribution is 2.27. The Bertz CT molecular complexity index is 863. The van der Waals surface area contributed by atoms with E-state index >= 15 is 0 Å². The van der Waals surface area contributed by atoms with Crippen molar-refractivity contribution in [3.63, 3.8) is 0 Å². The van der Waals surface area contributed by atoms with Crippen LogP contribution in [-0.4, -0.2) is 35.2 Å². The molecule has 5 nitrogen and oxygen atoms in total. The third-order valence-electron chi connectivity index (χ3n) is 4.80. The molecule has 0 spiro atoms. The molecule has 0 saturated carbocycles. The zero-order valence-electron chi connectivity index (χ0n) is 15.4. The molecule has 1 saturated heterocycles. The van der Waals surface area contributed by atoms with Gasteiger partial charge in [-0.1, -0.05) is 23.7 Å². The van der Waals surface area contributed by atoms with Crippen LogP contribution >= 0.6 is 11.6 Å². The van der Waals surface area contributed by atoms with Gasteiger partial charge >= 0.3 is 0 Å². The molecule has 0 atom stereocenters. The SMILES string of the molecule is COc1ccc(S(=O)(=O)NCCc2ccc(N3CCCCC3)cc2)cc1Cl. The Kier molecular flexibility index (Phi) is 6.63. The van der Waals surface area contributed by atoms with Gasteiger partial charge in [0.1, 0.15) is 5.75 Å². The third-order valence-corrected chi connectivity index (χ3v) is 6.55. The molecule has 2 aromatic carbocycles. The summed E-state index contributed by atoms with van der Waals surface area (Å²) in [5.41, 5.74) is 2.35. The van der Waals surface area contributed by atoms with E-state index in [4.69, 9.17) is 16.3 Å². The molecule has 0 radical (unpaired) electrons. The van der Waals surface area contributed by atoms with Gasteiger partial charge in [0, 0.05) is 25.3 Å². The van der Waals surface area contributed by atoms with Crippen molar-refractivity contribution in [1.29, 1.82) is 0 Å². The Morgan fingerprint density at radius 1 is 1.07 bits per heavy atom. The average Bonchev–Trinajstić information content (AvgIpc) is 2.69. The van der Waals surface area contributed by atoms with Gasteiger partial charge in [-0.3, -0.25) is 0 Å². The van der Waals surface area contributed by atoms with Crippen molar-refractivity contribution < 1.29 is 13.2 Å². The maximum absolute atomic E-state index is 12.4. The molecule has 1 aliphatic rings. The molecule has 2 aromatic rings. The smallest absolute Gasteiger partial charge is 0.240 e. The molecular formula is C20H25ClN2O3S. The minimum Gasteiger partial charge on any atom is -0.495 e. The summed E-state index contributed by atoms with van der Waals surface area (Å²) in [6, 6.07) is 12.8. The van der Waals surface area contributed by atoms with Crippen LogP contribution in [-0.2, 0) is 16.4 Å². The fourth-order valence-corrected chi connectivity index (χ4v) is 4.63. The Morgan fingerprint density at radius 3 is 2.41 bits per heavy atom. The van der Waals surface area contributed by atoms with Gasteiger partial charge in [-0.15, -0.1) is 0 Å². The van der Waals surface area contributed by atoms with E-state index in [2.05, 4.69) is 33.9 Å². The number of nitrogens with one attached hydrogen (secondary N) is 1. The van der Waals surface area contributed by atoms with E-state index in [0.717, 1.165) is 18.7 Å². The molecule has 7 heteroatoms. The molecular weight excluding hydrogens is 384 g/mol. The largest absolute Gasteiger partial charge is 0.495 e.